The maximum absolute atomic E-state index is 12.2. The van der Waals surface area contributed by atoms with E-state index in [1.165, 1.54) is 6.07 Å². The lowest BCUT2D eigenvalue weighted by Crippen LogP contribution is -2.03. The average molecular weight is 312 g/mol. The fourth-order valence-corrected chi connectivity index (χ4v) is 2.83. The van der Waals surface area contributed by atoms with Crippen LogP contribution in [0.15, 0.2) is 51.7 Å². The smallest absolute Gasteiger partial charge is 0.190 e. The molecule has 0 saturated heterocycles. The molecule has 0 atom stereocenters. The van der Waals surface area contributed by atoms with E-state index >= 15 is 0 Å². The molecular formula is C17H10ClNO3. The van der Waals surface area contributed by atoms with Crippen LogP contribution in [0, 0.1) is 0 Å². The summed E-state index contributed by atoms with van der Waals surface area (Å²) < 4.78 is 5.80. The first-order valence-corrected chi connectivity index (χ1v) is 7.11. The lowest BCUT2D eigenvalue weighted by molar-refractivity contribution is 0.282. The van der Waals surface area contributed by atoms with Gasteiger partial charge in [-0.15, -0.1) is 0 Å². The van der Waals surface area contributed by atoms with Crippen LogP contribution in [0.25, 0.3) is 33.3 Å². The van der Waals surface area contributed by atoms with E-state index < -0.39 is 0 Å². The zero-order valence-electron chi connectivity index (χ0n) is 11.3. The normalized spacial score (nSPS) is 11.5. The first kappa shape index (κ1) is 13.2. The molecule has 4 rings (SSSR count). The molecule has 0 radical (unpaired) electrons. The molecule has 0 amide bonds. The Morgan fingerprint density at radius 1 is 1.14 bits per heavy atom. The Labute approximate surface area is 129 Å². The summed E-state index contributed by atoms with van der Waals surface area (Å²) in [4.78, 5) is 16.7. The minimum Gasteiger partial charge on any atom is -0.453 e. The molecule has 0 fully saturated rings. The third-order valence-electron chi connectivity index (χ3n) is 3.69. The van der Waals surface area contributed by atoms with Gasteiger partial charge < -0.3 is 9.52 Å². The van der Waals surface area contributed by atoms with Crippen LogP contribution in [0.1, 0.15) is 5.56 Å². The number of aromatic nitrogens is 1. The summed E-state index contributed by atoms with van der Waals surface area (Å²) in [6.45, 7) is -0.188. The fraction of sp³-hybridized carbons (Fsp3) is 0.0588. The maximum Gasteiger partial charge on any atom is 0.190 e. The van der Waals surface area contributed by atoms with Crippen LogP contribution in [0.5, 0.6) is 0 Å². The predicted molar refractivity (Wildman–Crippen MR) is 85.3 cm³/mol. The summed E-state index contributed by atoms with van der Waals surface area (Å²) in [5.74, 6) is 0.419. The monoisotopic (exact) mass is 311 g/mol. The lowest BCUT2D eigenvalue weighted by Gasteiger charge is -2.10. The maximum atomic E-state index is 12.2. The Kier molecular flexibility index (Phi) is 2.89. The van der Waals surface area contributed by atoms with Gasteiger partial charge in [-0.2, -0.15) is 0 Å². The van der Waals surface area contributed by atoms with E-state index in [9.17, 15) is 9.90 Å². The molecule has 2 aromatic carbocycles. The van der Waals surface area contributed by atoms with Crippen LogP contribution in [-0.2, 0) is 6.61 Å². The van der Waals surface area contributed by atoms with Gasteiger partial charge in [0.15, 0.2) is 16.8 Å². The molecule has 2 aliphatic rings. The second kappa shape index (κ2) is 4.80. The van der Waals surface area contributed by atoms with Crippen LogP contribution in [0.3, 0.4) is 0 Å². The highest BCUT2D eigenvalue weighted by Crippen LogP contribution is 2.32. The molecule has 108 valence electrons. The van der Waals surface area contributed by atoms with Crippen molar-refractivity contribution in [3.8, 4) is 11.5 Å². The van der Waals surface area contributed by atoms with Gasteiger partial charge in [-0.3, -0.25) is 4.79 Å². The van der Waals surface area contributed by atoms with Gasteiger partial charge in [0.25, 0.3) is 0 Å². The molecule has 1 aliphatic heterocycles. The van der Waals surface area contributed by atoms with Crippen molar-refractivity contribution in [3.63, 3.8) is 0 Å². The summed E-state index contributed by atoms with van der Waals surface area (Å²) in [5.41, 5.74) is 2.14. The first-order chi connectivity index (χ1) is 10.7. The van der Waals surface area contributed by atoms with Gasteiger partial charge >= 0.3 is 0 Å². The van der Waals surface area contributed by atoms with Crippen LogP contribution >= 0.6 is 11.6 Å². The van der Waals surface area contributed by atoms with Crippen LogP contribution in [0.4, 0.5) is 0 Å². The molecule has 22 heavy (non-hydrogen) atoms. The van der Waals surface area contributed by atoms with Gasteiger partial charge in [0.05, 0.1) is 6.61 Å². The van der Waals surface area contributed by atoms with Gasteiger partial charge in [0.1, 0.15) is 11.2 Å². The zero-order valence-corrected chi connectivity index (χ0v) is 12.1. The SMILES string of the molecule is O=c1cc2oc3cc(CO)c(Cl)cc3nc-2c2ccccc12. The summed E-state index contributed by atoms with van der Waals surface area (Å²) >= 11 is 6.11. The molecule has 0 spiro atoms. The summed E-state index contributed by atoms with van der Waals surface area (Å²) in [7, 11) is 0. The van der Waals surface area contributed by atoms with E-state index in [0.29, 0.717) is 38.5 Å². The molecule has 0 bridgehead atoms. The number of fused-ring (bicyclic) bond motifs is 4. The van der Waals surface area contributed by atoms with Crippen LogP contribution in [0.2, 0.25) is 5.02 Å². The third kappa shape index (κ3) is 1.89. The first-order valence-electron chi connectivity index (χ1n) is 6.73. The number of halogens is 1. The van der Waals surface area contributed by atoms with Gasteiger partial charge in [-0.05, 0) is 17.7 Å². The predicted octanol–water partition coefficient (Wildman–Crippen LogP) is 3.59. The summed E-state index contributed by atoms with van der Waals surface area (Å²) in [6.07, 6.45) is 0. The number of hydrogen-bond donors (Lipinski definition) is 1. The molecular weight excluding hydrogens is 302 g/mol. The van der Waals surface area contributed by atoms with Crippen molar-refractivity contribution in [1.82, 2.24) is 4.98 Å². The molecule has 0 saturated carbocycles. The Morgan fingerprint density at radius 2 is 1.91 bits per heavy atom. The number of aliphatic hydroxyl groups excluding tert-OH is 1. The van der Waals surface area contributed by atoms with Crippen molar-refractivity contribution in [2.75, 3.05) is 0 Å². The quantitative estimate of drug-likeness (QED) is 0.431. The van der Waals surface area contributed by atoms with E-state index in [-0.39, 0.29) is 12.0 Å². The second-order valence-electron chi connectivity index (χ2n) is 5.05. The minimum absolute atomic E-state index is 0.107. The standard InChI is InChI=1S/C17H10ClNO3/c18-12-6-13-15(5-9(12)8-20)22-16-7-14(21)10-3-1-2-4-11(10)17(16)19-13/h1-7,20H,8H2. The Morgan fingerprint density at radius 3 is 2.68 bits per heavy atom. The number of benzene rings is 3. The van der Waals surface area contributed by atoms with Crippen molar-refractivity contribution >= 4 is 33.5 Å². The molecule has 1 aliphatic carbocycles. The van der Waals surface area contributed by atoms with Gasteiger partial charge in [0.2, 0.25) is 0 Å². The largest absolute Gasteiger partial charge is 0.453 e. The van der Waals surface area contributed by atoms with Crippen molar-refractivity contribution in [2.45, 2.75) is 6.61 Å². The van der Waals surface area contributed by atoms with Crippen molar-refractivity contribution in [1.29, 1.82) is 0 Å². The van der Waals surface area contributed by atoms with E-state index in [1.807, 2.05) is 18.2 Å². The van der Waals surface area contributed by atoms with Crippen molar-refractivity contribution in [3.05, 3.63) is 63.3 Å². The van der Waals surface area contributed by atoms with E-state index in [2.05, 4.69) is 4.98 Å². The topological polar surface area (TPSA) is 63.3 Å². The molecule has 0 unspecified atom stereocenters. The third-order valence-corrected chi connectivity index (χ3v) is 4.05. The average Bonchev–Trinajstić information content (AvgIpc) is 2.53. The zero-order chi connectivity index (χ0) is 15.3. The highest BCUT2D eigenvalue weighted by Gasteiger charge is 2.16. The Balaban J connectivity index is 2.19. The minimum atomic E-state index is -0.188. The van der Waals surface area contributed by atoms with Crippen LogP contribution in [-0.4, -0.2) is 10.1 Å². The number of aliphatic hydroxyl groups is 1. The second-order valence-corrected chi connectivity index (χ2v) is 5.46. The molecule has 2 aromatic rings. The number of rotatable bonds is 1. The van der Waals surface area contributed by atoms with E-state index in [4.69, 9.17) is 16.0 Å². The van der Waals surface area contributed by atoms with Gasteiger partial charge in [0, 0.05) is 21.9 Å². The van der Waals surface area contributed by atoms with Crippen molar-refractivity contribution in [2.24, 2.45) is 0 Å². The molecule has 1 heterocycles. The number of hydrogen-bond acceptors (Lipinski definition) is 4. The summed E-state index contributed by atoms with van der Waals surface area (Å²) in [6, 6.07) is 12.0. The van der Waals surface area contributed by atoms with Gasteiger partial charge in [-0.25, -0.2) is 4.98 Å². The molecule has 0 aromatic heterocycles. The highest BCUT2D eigenvalue weighted by atomic mass is 35.5. The number of nitrogens with zero attached hydrogens (tertiary/aromatic N) is 1. The van der Waals surface area contributed by atoms with Crippen molar-refractivity contribution < 1.29 is 9.52 Å². The molecule has 5 heteroatoms. The molecule has 1 N–H and O–H groups in total. The Hall–Kier alpha value is -2.43. The van der Waals surface area contributed by atoms with E-state index in [1.54, 1.807) is 18.2 Å². The van der Waals surface area contributed by atoms with Crippen LogP contribution < -0.4 is 5.43 Å². The highest BCUT2D eigenvalue weighted by molar-refractivity contribution is 6.32. The summed E-state index contributed by atoms with van der Waals surface area (Å²) in [5, 5.41) is 11.1. The fourth-order valence-electron chi connectivity index (χ4n) is 2.61. The van der Waals surface area contributed by atoms with E-state index in [0.717, 1.165) is 5.39 Å². The molecule has 4 nitrogen and oxygen atoms in total. The Bertz CT molecular complexity index is 1050. The lowest BCUT2D eigenvalue weighted by atomic mass is 10.0. The van der Waals surface area contributed by atoms with Gasteiger partial charge in [-0.1, -0.05) is 35.9 Å².